The molecule has 1 saturated heterocycles. The van der Waals surface area contributed by atoms with E-state index in [1.807, 2.05) is 30.4 Å². The molecular weight excluding hydrogens is 230 g/mol. The molecule has 0 amide bonds. The lowest BCUT2D eigenvalue weighted by molar-refractivity contribution is 0.138. The highest BCUT2D eigenvalue weighted by atomic mass is 16.6. The predicted molar refractivity (Wildman–Crippen MR) is 70.9 cm³/mol. The van der Waals surface area contributed by atoms with Gasteiger partial charge in [-0.3, -0.25) is 0 Å². The molecule has 98 valence electrons. The molecule has 2 rings (SSSR count). The summed E-state index contributed by atoms with van der Waals surface area (Å²) in [6.45, 7) is 1.90. The summed E-state index contributed by atoms with van der Waals surface area (Å²) in [5.74, 6) is 1.50. The van der Waals surface area contributed by atoms with Crippen LogP contribution in [0.5, 0.6) is 11.5 Å². The number of hydrogen-bond acceptors (Lipinski definition) is 4. The molecule has 4 nitrogen and oxygen atoms in total. The van der Waals surface area contributed by atoms with Crippen molar-refractivity contribution in [2.24, 2.45) is 5.73 Å². The first-order chi connectivity index (χ1) is 8.85. The molecule has 2 N–H and O–H groups in total. The number of nitrogens with two attached hydrogens (primary N) is 1. The maximum absolute atomic E-state index is 5.98. The van der Waals surface area contributed by atoms with Crippen LogP contribution in [-0.4, -0.2) is 33.0 Å². The van der Waals surface area contributed by atoms with E-state index in [-0.39, 0.29) is 6.10 Å². The van der Waals surface area contributed by atoms with E-state index in [0.29, 0.717) is 13.2 Å². The van der Waals surface area contributed by atoms with Crippen LogP contribution < -0.4 is 15.2 Å². The lowest BCUT2D eigenvalue weighted by Crippen LogP contribution is -2.16. The molecule has 0 aromatic heterocycles. The Balaban J connectivity index is 2.24. The molecule has 0 aliphatic carbocycles. The van der Waals surface area contributed by atoms with Crippen LogP contribution >= 0.6 is 0 Å². The van der Waals surface area contributed by atoms with E-state index in [9.17, 15) is 0 Å². The lowest BCUT2D eigenvalue weighted by Gasteiger charge is -2.17. The number of para-hydroxylation sites is 1. The molecule has 1 fully saturated rings. The van der Waals surface area contributed by atoms with Crippen molar-refractivity contribution in [1.29, 1.82) is 0 Å². The Kier molecular flexibility index (Phi) is 4.61. The number of benzene rings is 1. The summed E-state index contributed by atoms with van der Waals surface area (Å²) in [6, 6.07) is 5.82. The molecule has 1 atom stereocenters. The highest BCUT2D eigenvalue weighted by molar-refractivity contribution is 5.62. The SMILES string of the molecule is COc1cccc(/C=C/CN)c1OC1CCOC1. The summed E-state index contributed by atoms with van der Waals surface area (Å²) < 4.78 is 16.6. The second kappa shape index (κ2) is 6.42. The largest absolute Gasteiger partial charge is 0.493 e. The maximum Gasteiger partial charge on any atom is 0.168 e. The van der Waals surface area contributed by atoms with Gasteiger partial charge in [0.05, 0.1) is 20.3 Å². The topological polar surface area (TPSA) is 53.7 Å². The van der Waals surface area contributed by atoms with Crippen molar-refractivity contribution >= 4 is 6.08 Å². The molecule has 0 radical (unpaired) electrons. The molecule has 0 bridgehead atoms. The molecule has 1 aromatic rings. The second-order valence-electron chi connectivity index (χ2n) is 4.12. The Labute approximate surface area is 107 Å². The molecule has 4 heteroatoms. The average molecular weight is 249 g/mol. The second-order valence-corrected chi connectivity index (χ2v) is 4.12. The quantitative estimate of drug-likeness (QED) is 0.865. The van der Waals surface area contributed by atoms with Gasteiger partial charge in [0.25, 0.3) is 0 Å². The molecule has 1 aliphatic rings. The average Bonchev–Trinajstić information content (AvgIpc) is 2.90. The van der Waals surface area contributed by atoms with Gasteiger partial charge in [0, 0.05) is 18.5 Å². The molecule has 1 aromatic carbocycles. The zero-order chi connectivity index (χ0) is 12.8. The van der Waals surface area contributed by atoms with Gasteiger partial charge >= 0.3 is 0 Å². The van der Waals surface area contributed by atoms with E-state index in [1.54, 1.807) is 7.11 Å². The van der Waals surface area contributed by atoms with Crippen molar-refractivity contribution in [3.05, 3.63) is 29.8 Å². The third-order valence-electron chi connectivity index (χ3n) is 2.84. The fourth-order valence-electron chi connectivity index (χ4n) is 1.92. The van der Waals surface area contributed by atoms with E-state index in [4.69, 9.17) is 19.9 Å². The van der Waals surface area contributed by atoms with Crippen LogP contribution in [0.2, 0.25) is 0 Å². The Morgan fingerprint density at radius 2 is 2.39 bits per heavy atom. The Hall–Kier alpha value is -1.52. The van der Waals surface area contributed by atoms with Gasteiger partial charge in [0.2, 0.25) is 0 Å². The van der Waals surface area contributed by atoms with E-state index >= 15 is 0 Å². The van der Waals surface area contributed by atoms with E-state index in [0.717, 1.165) is 30.1 Å². The molecule has 0 saturated carbocycles. The fraction of sp³-hybridized carbons (Fsp3) is 0.429. The minimum absolute atomic E-state index is 0.103. The first-order valence-electron chi connectivity index (χ1n) is 6.13. The summed E-state index contributed by atoms with van der Waals surface area (Å²) in [5, 5.41) is 0. The summed E-state index contributed by atoms with van der Waals surface area (Å²) in [5.41, 5.74) is 6.46. The molecule has 1 aliphatic heterocycles. The highest BCUT2D eigenvalue weighted by Gasteiger charge is 2.20. The van der Waals surface area contributed by atoms with Crippen molar-refractivity contribution < 1.29 is 14.2 Å². The molecule has 18 heavy (non-hydrogen) atoms. The van der Waals surface area contributed by atoms with Gasteiger partial charge in [-0.2, -0.15) is 0 Å². The van der Waals surface area contributed by atoms with Gasteiger partial charge in [-0.05, 0) is 6.07 Å². The van der Waals surface area contributed by atoms with Crippen molar-refractivity contribution in [1.82, 2.24) is 0 Å². The molecule has 1 unspecified atom stereocenters. The first-order valence-corrected chi connectivity index (χ1v) is 6.13. The normalized spacial score (nSPS) is 19.3. The number of rotatable bonds is 5. The number of hydrogen-bond donors (Lipinski definition) is 1. The molecular formula is C14H19NO3. The fourth-order valence-corrected chi connectivity index (χ4v) is 1.92. The standard InChI is InChI=1S/C14H19NO3/c1-16-13-6-2-4-11(5-3-8-15)14(13)18-12-7-9-17-10-12/h2-6,12H,7-10,15H2,1H3/b5-3+. The maximum atomic E-state index is 5.98. The van der Waals surface area contributed by atoms with Crippen molar-refractivity contribution in [3.8, 4) is 11.5 Å². The van der Waals surface area contributed by atoms with Crippen LogP contribution in [0.1, 0.15) is 12.0 Å². The van der Waals surface area contributed by atoms with E-state index in [1.165, 1.54) is 0 Å². The Morgan fingerprint density at radius 1 is 1.50 bits per heavy atom. The van der Waals surface area contributed by atoms with Gasteiger partial charge < -0.3 is 19.9 Å². The van der Waals surface area contributed by atoms with Gasteiger partial charge in [0.15, 0.2) is 11.5 Å². The van der Waals surface area contributed by atoms with Crippen molar-refractivity contribution in [2.75, 3.05) is 26.9 Å². The van der Waals surface area contributed by atoms with Gasteiger partial charge in [-0.25, -0.2) is 0 Å². The van der Waals surface area contributed by atoms with Crippen LogP contribution in [-0.2, 0) is 4.74 Å². The third-order valence-corrected chi connectivity index (χ3v) is 2.84. The van der Waals surface area contributed by atoms with Crippen LogP contribution in [0.3, 0.4) is 0 Å². The zero-order valence-corrected chi connectivity index (χ0v) is 10.6. The predicted octanol–water partition coefficient (Wildman–Crippen LogP) is 1.83. The molecule has 1 heterocycles. The zero-order valence-electron chi connectivity index (χ0n) is 10.6. The van der Waals surface area contributed by atoms with E-state index in [2.05, 4.69) is 0 Å². The summed E-state index contributed by atoms with van der Waals surface area (Å²) >= 11 is 0. The van der Waals surface area contributed by atoms with Gasteiger partial charge in [-0.1, -0.05) is 24.3 Å². The number of methoxy groups -OCH3 is 1. The van der Waals surface area contributed by atoms with Crippen molar-refractivity contribution in [2.45, 2.75) is 12.5 Å². The monoisotopic (exact) mass is 249 g/mol. The van der Waals surface area contributed by atoms with E-state index < -0.39 is 0 Å². The van der Waals surface area contributed by atoms with Crippen LogP contribution in [0, 0.1) is 0 Å². The summed E-state index contributed by atoms with van der Waals surface area (Å²) in [7, 11) is 1.64. The molecule has 0 spiro atoms. The minimum atomic E-state index is 0.103. The summed E-state index contributed by atoms with van der Waals surface area (Å²) in [4.78, 5) is 0. The van der Waals surface area contributed by atoms with Gasteiger partial charge in [-0.15, -0.1) is 0 Å². The highest BCUT2D eigenvalue weighted by Crippen LogP contribution is 2.33. The van der Waals surface area contributed by atoms with Crippen LogP contribution in [0.15, 0.2) is 24.3 Å². The third kappa shape index (κ3) is 3.03. The van der Waals surface area contributed by atoms with Crippen LogP contribution in [0.25, 0.3) is 6.08 Å². The van der Waals surface area contributed by atoms with Gasteiger partial charge in [0.1, 0.15) is 6.10 Å². The summed E-state index contributed by atoms with van der Waals surface area (Å²) in [6.07, 6.45) is 4.87. The smallest absolute Gasteiger partial charge is 0.168 e. The van der Waals surface area contributed by atoms with Crippen molar-refractivity contribution in [3.63, 3.8) is 0 Å². The number of ether oxygens (including phenoxy) is 3. The first kappa shape index (κ1) is 12.9. The Bertz CT molecular complexity index is 412. The minimum Gasteiger partial charge on any atom is -0.493 e. The lowest BCUT2D eigenvalue weighted by atomic mass is 10.1. The van der Waals surface area contributed by atoms with Crippen LogP contribution in [0.4, 0.5) is 0 Å². The Morgan fingerprint density at radius 3 is 3.06 bits per heavy atom.